The third kappa shape index (κ3) is 5.14. The van der Waals surface area contributed by atoms with Gasteiger partial charge in [0.1, 0.15) is 28.3 Å². The summed E-state index contributed by atoms with van der Waals surface area (Å²) < 4.78 is 90.3. The maximum Gasteiger partial charge on any atom is 0.421 e. The van der Waals surface area contributed by atoms with Crippen LogP contribution < -0.4 is 4.74 Å². The summed E-state index contributed by atoms with van der Waals surface area (Å²) in [5.41, 5.74) is -5.13. The smallest absolute Gasteiger partial charge is 0.421 e. The summed E-state index contributed by atoms with van der Waals surface area (Å²) >= 11 is 0. The lowest BCUT2D eigenvalue weighted by molar-refractivity contribution is -0.158. The SMILES string of the molecule is CCc1ccc(Oc2ncc(C(F)(F)F)cc2C(F)(F)F)cc1C1=C(O)C(C)(C)OC(C)(C)C1=O. The number of aryl methyl sites for hydroxylation is 1. The van der Waals surface area contributed by atoms with Gasteiger partial charge in [0.15, 0.2) is 5.78 Å². The zero-order valence-corrected chi connectivity index (χ0v) is 19.5. The molecule has 0 unspecified atom stereocenters. The second kappa shape index (κ2) is 8.54. The van der Waals surface area contributed by atoms with Crippen molar-refractivity contribution in [1.29, 1.82) is 0 Å². The topological polar surface area (TPSA) is 68.7 Å². The van der Waals surface area contributed by atoms with Crippen molar-refractivity contribution in [2.45, 2.75) is 64.6 Å². The van der Waals surface area contributed by atoms with E-state index >= 15 is 0 Å². The summed E-state index contributed by atoms with van der Waals surface area (Å²) in [5, 5.41) is 10.8. The van der Waals surface area contributed by atoms with Crippen LogP contribution in [0.25, 0.3) is 5.57 Å². The number of aliphatic hydroxyl groups is 1. The number of ether oxygens (including phenoxy) is 2. The number of carbonyl (C=O) groups is 1. The third-order valence-corrected chi connectivity index (χ3v) is 5.52. The number of alkyl halides is 6. The summed E-state index contributed by atoms with van der Waals surface area (Å²) in [6.07, 6.45) is -9.57. The number of halogens is 6. The number of aromatic nitrogens is 1. The standard InChI is InChI=1S/C24H23F6NO4/c1-6-12-7-8-14(10-15(12)17-18(32)21(2,3)35-22(4,5)19(17)33)34-20-16(24(28,29)30)9-13(11-31-20)23(25,26)27/h7-11,32H,6H2,1-5H3. The average Bonchev–Trinajstić information content (AvgIpc) is 2.71. The molecular formula is C24H23F6NO4. The number of benzene rings is 1. The van der Waals surface area contributed by atoms with Gasteiger partial charge in [0.25, 0.3) is 0 Å². The Morgan fingerprint density at radius 1 is 1.00 bits per heavy atom. The first-order valence-electron chi connectivity index (χ1n) is 10.5. The van der Waals surface area contributed by atoms with Gasteiger partial charge in [0.2, 0.25) is 5.88 Å². The molecule has 0 amide bonds. The van der Waals surface area contributed by atoms with Crippen LogP contribution in [0.2, 0.25) is 0 Å². The van der Waals surface area contributed by atoms with Crippen molar-refractivity contribution in [1.82, 2.24) is 4.98 Å². The van der Waals surface area contributed by atoms with Gasteiger partial charge in [-0.3, -0.25) is 4.79 Å². The predicted octanol–water partition coefficient (Wildman–Crippen LogP) is 6.90. The Morgan fingerprint density at radius 2 is 1.63 bits per heavy atom. The van der Waals surface area contributed by atoms with Crippen molar-refractivity contribution in [3.63, 3.8) is 0 Å². The number of pyridine rings is 1. The molecule has 11 heteroatoms. The molecule has 2 aromatic rings. The van der Waals surface area contributed by atoms with Crippen LogP contribution >= 0.6 is 0 Å². The molecule has 0 saturated heterocycles. The molecule has 1 aliphatic rings. The Bertz CT molecular complexity index is 1200. The van der Waals surface area contributed by atoms with Crippen molar-refractivity contribution < 1.29 is 45.7 Å². The Labute approximate surface area is 197 Å². The van der Waals surface area contributed by atoms with Gasteiger partial charge in [-0.1, -0.05) is 13.0 Å². The molecule has 1 N–H and O–H groups in total. The summed E-state index contributed by atoms with van der Waals surface area (Å²) in [6.45, 7) is 7.94. The number of rotatable bonds is 4. The fraction of sp³-hybridized carbons (Fsp3) is 0.417. The first-order chi connectivity index (χ1) is 15.9. The lowest BCUT2D eigenvalue weighted by Gasteiger charge is -2.40. The normalized spacial score (nSPS) is 18.1. The van der Waals surface area contributed by atoms with Crippen LogP contribution in [0.4, 0.5) is 26.3 Å². The Balaban J connectivity index is 2.16. The van der Waals surface area contributed by atoms with Gasteiger partial charge in [-0.05, 0) is 63.4 Å². The lowest BCUT2D eigenvalue weighted by Crippen LogP contribution is -2.49. The van der Waals surface area contributed by atoms with E-state index in [1.165, 1.54) is 32.0 Å². The molecule has 35 heavy (non-hydrogen) atoms. The van der Waals surface area contributed by atoms with Crippen molar-refractivity contribution in [3.8, 4) is 11.6 Å². The second-order valence-electron chi connectivity index (χ2n) is 9.02. The fourth-order valence-corrected chi connectivity index (χ4v) is 3.86. The number of hydrogen-bond donors (Lipinski definition) is 1. The van der Waals surface area contributed by atoms with E-state index in [0.717, 1.165) is 0 Å². The molecule has 0 saturated carbocycles. The van der Waals surface area contributed by atoms with Crippen LogP contribution in [-0.2, 0) is 28.3 Å². The summed E-state index contributed by atoms with van der Waals surface area (Å²) in [4.78, 5) is 16.4. The third-order valence-electron chi connectivity index (χ3n) is 5.52. The van der Waals surface area contributed by atoms with E-state index in [2.05, 4.69) is 4.98 Å². The largest absolute Gasteiger partial charge is 0.508 e. The summed E-state index contributed by atoms with van der Waals surface area (Å²) in [6, 6.07) is 3.97. The van der Waals surface area contributed by atoms with Crippen LogP contribution in [0.15, 0.2) is 36.2 Å². The Morgan fingerprint density at radius 3 is 2.17 bits per heavy atom. The van der Waals surface area contributed by atoms with E-state index in [0.29, 0.717) is 12.0 Å². The van der Waals surface area contributed by atoms with E-state index in [1.807, 2.05) is 0 Å². The molecule has 0 spiro atoms. The van der Waals surface area contributed by atoms with E-state index in [-0.39, 0.29) is 34.9 Å². The average molecular weight is 503 g/mol. The quantitative estimate of drug-likeness (QED) is 0.460. The molecule has 1 aromatic carbocycles. The van der Waals surface area contributed by atoms with Crippen molar-refractivity contribution >= 4 is 11.4 Å². The first-order valence-corrected chi connectivity index (χ1v) is 10.5. The number of carbonyl (C=O) groups excluding carboxylic acids is 1. The minimum atomic E-state index is -5.18. The highest BCUT2D eigenvalue weighted by Gasteiger charge is 2.47. The summed E-state index contributed by atoms with van der Waals surface area (Å²) in [5.74, 6) is -2.22. The molecule has 0 radical (unpaired) electrons. The highest BCUT2D eigenvalue weighted by molar-refractivity contribution is 6.26. The first kappa shape index (κ1) is 26.5. The highest BCUT2D eigenvalue weighted by Crippen LogP contribution is 2.43. The molecule has 190 valence electrons. The number of ketones is 1. The van der Waals surface area contributed by atoms with Crippen LogP contribution in [-0.4, -0.2) is 27.1 Å². The zero-order valence-electron chi connectivity index (χ0n) is 19.5. The van der Waals surface area contributed by atoms with Gasteiger partial charge >= 0.3 is 12.4 Å². The molecule has 0 bridgehead atoms. The van der Waals surface area contributed by atoms with E-state index < -0.39 is 46.3 Å². The molecule has 1 aliphatic heterocycles. The fourth-order valence-electron chi connectivity index (χ4n) is 3.86. The predicted molar refractivity (Wildman–Crippen MR) is 114 cm³/mol. The Kier molecular flexibility index (Phi) is 6.47. The number of hydrogen-bond acceptors (Lipinski definition) is 5. The highest BCUT2D eigenvalue weighted by atomic mass is 19.4. The van der Waals surface area contributed by atoms with Gasteiger partial charge in [-0.25, -0.2) is 4.98 Å². The van der Waals surface area contributed by atoms with Crippen molar-refractivity contribution in [2.24, 2.45) is 0 Å². The molecular weight excluding hydrogens is 480 g/mol. The monoisotopic (exact) mass is 503 g/mol. The van der Waals surface area contributed by atoms with Crippen LogP contribution in [0.3, 0.4) is 0 Å². The van der Waals surface area contributed by atoms with Gasteiger partial charge in [0.05, 0.1) is 11.1 Å². The molecule has 0 atom stereocenters. The van der Waals surface area contributed by atoms with Crippen molar-refractivity contribution in [3.05, 3.63) is 58.5 Å². The van der Waals surface area contributed by atoms with Gasteiger partial charge in [-0.2, -0.15) is 26.3 Å². The molecule has 0 fully saturated rings. The zero-order chi connectivity index (χ0) is 26.6. The maximum atomic E-state index is 13.5. The summed E-state index contributed by atoms with van der Waals surface area (Å²) in [7, 11) is 0. The molecule has 3 rings (SSSR count). The van der Waals surface area contributed by atoms with Gasteiger partial charge < -0.3 is 14.6 Å². The van der Waals surface area contributed by atoms with Crippen LogP contribution in [0.1, 0.15) is 56.9 Å². The number of aliphatic hydroxyl groups excluding tert-OH is 1. The minimum Gasteiger partial charge on any atom is -0.508 e. The Hall–Kier alpha value is -3.08. The van der Waals surface area contributed by atoms with Crippen molar-refractivity contribution in [2.75, 3.05) is 0 Å². The van der Waals surface area contributed by atoms with Crippen LogP contribution in [0, 0.1) is 0 Å². The molecule has 0 aliphatic carbocycles. The van der Waals surface area contributed by atoms with E-state index in [1.54, 1.807) is 20.8 Å². The molecule has 1 aromatic heterocycles. The van der Waals surface area contributed by atoms with Gasteiger partial charge in [0, 0.05) is 6.20 Å². The lowest BCUT2D eigenvalue weighted by atomic mass is 9.81. The number of nitrogens with zero attached hydrogens (tertiary/aromatic N) is 1. The van der Waals surface area contributed by atoms with Crippen LogP contribution in [0.5, 0.6) is 11.6 Å². The maximum absolute atomic E-state index is 13.5. The van der Waals surface area contributed by atoms with E-state index in [4.69, 9.17) is 9.47 Å². The minimum absolute atomic E-state index is 0.0783. The molecule has 2 heterocycles. The second-order valence-corrected chi connectivity index (χ2v) is 9.02. The van der Waals surface area contributed by atoms with E-state index in [9.17, 15) is 36.2 Å². The van der Waals surface area contributed by atoms with Gasteiger partial charge in [-0.15, -0.1) is 0 Å². The number of Topliss-reactive ketones (excluding diaryl/α,β-unsaturated/α-hetero) is 1. The molecule has 5 nitrogen and oxygen atoms in total.